The molecule has 1 aromatic carbocycles. The average molecular weight is 306 g/mol. The molecule has 21 heavy (non-hydrogen) atoms. The fraction of sp³-hybridized carbons (Fsp3) is 0.438. The largest absolute Gasteiger partial charge is 0.493 e. The first-order chi connectivity index (χ1) is 10.0. The Morgan fingerprint density at radius 3 is 2.62 bits per heavy atom. The highest BCUT2D eigenvalue weighted by atomic mass is 32.1. The summed E-state index contributed by atoms with van der Waals surface area (Å²) in [5.41, 5.74) is 2.24. The molecule has 2 rings (SSSR count). The van der Waals surface area contributed by atoms with E-state index in [9.17, 15) is 0 Å². The van der Waals surface area contributed by atoms with Gasteiger partial charge in [-0.25, -0.2) is 4.98 Å². The van der Waals surface area contributed by atoms with Crippen LogP contribution in [0.3, 0.4) is 0 Å². The molecule has 0 aliphatic rings. The third-order valence-electron chi connectivity index (χ3n) is 3.54. The van der Waals surface area contributed by atoms with Gasteiger partial charge < -0.3 is 14.8 Å². The number of hydrogen-bond acceptors (Lipinski definition) is 5. The van der Waals surface area contributed by atoms with Crippen molar-refractivity contribution in [2.45, 2.75) is 33.4 Å². The molecule has 1 heterocycles. The van der Waals surface area contributed by atoms with E-state index in [1.807, 2.05) is 26.1 Å². The number of methoxy groups -OCH3 is 1. The van der Waals surface area contributed by atoms with E-state index in [0.717, 1.165) is 22.2 Å². The number of aromatic nitrogens is 1. The number of nitrogens with zero attached hydrogens (tertiary/aromatic N) is 1. The molecule has 1 N–H and O–H groups in total. The van der Waals surface area contributed by atoms with Crippen molar-refractivity contribution in [1.29, 1.82) is 0 Å². The fourth-order valence-corrected chi connectivity index (χ4v) is 2.83. The molecule has 1 unspecified atom stereocenters. The molecule has 0 spiro atoms. The van der Waals surface area contributed by atoms with Gasteiger partial charge in [-0.1, -0.05) is 6.07 Å². The molecule has 0 bridgehead atoms. The van der Waals surface area contributed by atoms with Gasteiger partial charge in [-0.3, -0.25) is 0 Å². The number of ether oxygens (including phenoxy) is 2. The zero-order valence-electron chi connectivity index (χ0n) is 13.2. The summed E-state index contributed by atoms with van der Waals surface area (Å²) >= 11 is 1.67. The molecule has 0 fully saturated rings. The maximum Gasteiger partial charge on any atom is 0.161 e. The predicted octanol–water partition coefficient (Wildman–Crippen LogP) is 3.63. The van der Waals surface area contributed by atoms with Gasteiger partial charge in [-0.2, -0.15) is 0 Å². The number of hydrogen-bond donors (Lipinski definition) is 1. The molecule has 1 atom stereocenters. The quantitative estimate of drug-likeness (QED) is 0.885. The Hall–Kier alpha value is -1.59. The Kier molecular flexibility index (Phi) is 5.20. The number of benzene rings is 1. The lowest BCUT2D eigenvalue weighted by Crippen LogP contribution is -2.12. The number of rotatable bonds is 6. The molecule has 5 heteroatoms. The maximum absolute atomic E-state index is 5.85. The third kappa shape index (κ3) is 3.74. The molecule has 0 saturated carbocycles. The summed E-state index contributed by atoms with van der Waals surface area (Å²) in [6, 6.07) is 6.29. The van der Waals surface area contributed by atoms with Crippen LogP contribution in [0.4, 0.5) is 0 Å². The lowest BCUT2D eigenvalue weighted by atomic mass is 10.1. The van der Waals surface area contributed by atoms with E-state index in [0.29, 0.717) is 6.61 Å². The summed E-state index contributed by atoms with van der Waals surface area (Å²) < 4.78 is 11.3. The second-order valence-corrected chi connectivity index (χ2v) is 6.25. The van der Waals surface area contributed by atoms with Gasteiger partial charge in [0.25, 0.3) is 0 Å². The van der Waals surface area contributed by atoms with Crippen molar-refractivity contribution < 1.29 is 9.47 Å². The summed E-state index contributed by atoms with van der Waals surface area (Å²) in [5.74, 6) is 1.50. The highest BCUT2D eigenvalue weighted by molar-refractivity contribution is 7.11. The average Bonchev–Trinajstić information content (AvgIpc) is 2.82. The Labute approximate surface area is 130 Å². The molecule has 0 radical (unpaired) electrons. The highest BCUT2D eigenvalue weighted by Crippen LogP contribution is 2.31. The Balaban J connectivity index is 2.12. The van der Waals surface area contributed by atoms with Gasteiger partial charge in [0.2, 0.25) is 0 Å². The van der Waals surface area contributed by atoms with E-state index < -0.39 is 0 Å². The molecule has 114 valence electrons. The molecular weight excluding hydrogens is 284 g/mol. The van der Waals surface area contributed by atoms with Crippen molar-refractivity contribution in [2.24, 2.45) is 0 Å². The number of thiazole rings is 1. The van der Waals surface area contributed by atoms with E-state index in [1.54, 1.807) is 18.4 Å². The zero-order valence-corrected chi connectivity index (χ0v) is 14.0. The fourth-order valence-electron chi connectivity index (χ4n) is 1.98. The predicted molar refractivity (Wildman–Crippen MR) is 86.4 cm³/mol. The molecule has 1 aromatic heterocycles. The van der Waals surface area contributed by atoms with Crippen molar-refractivity contribution in [3.05, 3.63) is 39.3 Å². The van der Waals surface area contributed by atoms with Crippen molar-refractivity contribution in [1.82, 2.24) is 10.3 Å². The minimum atomic E-state index is 0.275. The Morgan fingerprint density at radius 2 is 2.05 bits per heavy atom. The van der Waals surface area contributed by atoms with Crippen LogP contribution < -0.4 is 14.8 Å². The molecule has 2 aromatic rings. The monoisotopic (exact) mass is 306 g/mol. The van der Waals surface area contributed by atoms with Crippen molar-refractivity contribution in [2.75, 3.05) is 14.2 Å². The van der Waals surface area contributed by atoms with Crippen LogP contribution in [-0.4, -0.2) is 19.1 Å². The minimum Gasteiger partial charge on any atom is -0.493 e. The Morgan fingerprint density at radius 1 is 1.29 bits per heavy atom. The summed E-state index contributed by atoms with van der Waals surface area (Å²) in [5, 5.41) is 4.20. The number of aryl methyl sites for hydroxylation is 2. The lowest BCUT2D eigenvalue weighted by molar-refractivity contribution is 0.283. The molecule has 0 amide bonds. The molecule has 4 nitrogen and oxygen atoms in total. The lowest BCUT2D eigenvalue weighted by Gasteiger charge is -2.15. The van der Waals surface area contributed by atoms with E-state index >= 15 is 0 Å². The number of nitrogens with one attached hydrogen (secondary N) is 1. The van der Waals surface area contributed by atoms with Gasteiger partial charge in [0.05, 0.1) is 12.8 Å². The van der Waals surface area contributed by atoms with Gasteiger partial charge in [0.1, 0.15) is 11.6 Å². The van der Waals surface area contributed by atoms with E-state index in [1.165, 1.54) is 10.4 Å². The summed E-state index contributed by atoms with van der Waals surface area (Å²) in [7, 11) is 3.60. The van der Waals surface area contributed by atoms with Crippen LogP contribution in [-0.2, 0) is 6.61 Å². The summed E-state index contributed by atoms with van der Waals surface area (Å²) in [6.45, 7) is 6.67. The molecule has 0 aliphatic heterocycles. The van der Waals surface area contributed by atoms with Crippen LogP contribution in [0.15, 0.2) is 18.2 Å². The van der Waals surface area contributed by atoms with Gasteiger partial charge in [0, 0.05) is 10.9 Å². The van der Waals surface area contributed by atoms with Gasteiger partial charge >= 0.3 is 0 Å². The van der Waals surface area contributed by atoms with Crippen molar-refractivity contribution >= 4 is 11.3 Å². The van der Waals surface area contributed by atoms with Gasteiger partial charge in [0.15, 0.2) is 11.5 Å². The molecule has 0 saturated heterocycles. The first kappa shape index (κ1) is 15.8. The topological polar surface area (TPSA) is 43.4 Å². The Bertz CT molecular complexity index is 591. The minimum absolute atomic E-state index is 0.275. The van der Waals surface area contributed by atoms with E-state index in [-0.39, 0.29) is 6.04 Å². The van der Waals surface area contributed by atoms with Crippen LogP contribution in [0.2, 0.25) is 0 Å². The molecule has 0 aliphatic carbocycles. The van der Waals surface area contributed by atoms with Crippen molar-refractivity contribution in [3.63, 3.8) is 0 Å². The third-order valence-corrected chi connectivity index (χ3v) is 4.59. The molecular formula is C16H22N2O2S. The van der Waals surface area contributed by atoms with Crippen LogP contribution in [0.5, 0.6) is 11.5 Å². The van der Waals surface area contributed by atoms with E-state index in [4.69, 9.17) is 9.47 Å². The standard InChI is InChI=1S/C16H22N2O2S/c1-10-12(3)21-16(18-10)9-20-14-7-6-13(11(2)17-4)8-15(14)19-5/h6-8,11,17H,9H2,1-5H3. The summed E-state index contributed by atoms with van der Waals surface area (Å²) in [6.07, 6.45) is 0. The second-order valence-electron chi connectivity index (χ2n) is 4.96. The first-order valence-electron chi connectivity index (χ1n) is 6.96. The maximum atomic E-state index is 5.85. The van der Waals surface area contributed by atoms with Crippen LogP contribution >= 0.6 is 11.3 Å². The smallest absolute Gasteiger partial charge is 0.161 e. The van der Waals surface area contributed by atoms with Gasteiger partial charge in [-0.05, 0) is 45.5 Å². The first-order valence-corrected chi connectivity index (χ1v) is 7.77. The second kappa shape index (κ2) is 6.91. The van der Waals surface area contributed by atoms with Crippen LogP contribution in [0.1, 0.15) is 34.1 Å². The van der Waals surface area contributed by atoms with Crippen molar-refractivity contribution in [3.8, 4) is 11.5 Å². The van der Waals surface area contributed by atoms with Crippen LogP contribution in [0, 0.1) is 13.8 Å². The highest BCUT2D eigenvalue weighted by Gasteiger charge is 2.11. The summed E-state index contributed by atoms with van der Waals surface area (Å²) in [4.78, 5) is 5.72. The van der Waals surface area contributed by atoms with Gasteiger partial charge in [-0.15, -0.1) is 11.3 Å². The normalized spacial score (nSPS) is 12.2. The SMILES string of the molecule is CNC(C)c1ccc(OCc2nc(C)c(C)s2)c(OC)c1. The van der Waals surface area contributed by atoms with E-state index in [2.05, 4.69) is 30.2 Å². The zero-order chi connectivity index (χ0) is 15.4. The van der Waals surface area contributed by atoms with Crippen LogP contribution in [0.25, 0.3) is 0 Å².